The molecule has 2 atom stereocenters. The van der Waals surface area contributed by atoms with Crippen LogP contribution in [-0.4, -0.2) is 24.5 Å². The van der Waals surface area contributed by atoms with Crippen molar-refractivity contribution in [3.63, 3.8) is 0 Å². The van der Waals surface area contributed by atoms with Crippen LogP contribution in [-0.2, 0) is 6.54 Å². The smallest absolute Gasteiger partial charge is 0.170 e. The summed E-state index contributed by atoms with van der Waals surface area (Å²) in [5.41, 5.74) is 3.56. The van der Waals surface area contributed by atoms with Gasteiger partial charge in [0.25, 0.3) is 0 Å². The van der Waals surface area contributed by atoms with Crippen LogP contribution in [0.1, 0.15) is 29.2 Å². The Morgan fingerprint density at radius 3 is 2.52 bits per heavy atom. The second kappa shape index (κ2) is 8.28. The van der Waals surface area contributed by atoms with Crippen LogP contribution in [0.25, 0.3) is 5.69 Å². The zero-order valence-electron chi connectivity index (χ0n) is 16.6. The number of hydrogen-bond acceptors (Lipinski definition) is 3. The number of thiocarbonyl (C=S) groups is 1. The molecule has 0 aliphatic carbocycles. The summed E-state index contributed by atoms with van der Waals surface area (Å²) >= 11 is 5.74. The normalized spacial score (nSPS) is 18.2. The highest BCUT2D eigenvalue weighted by atomic mass is 32.1. The minimum Gasteiger partial charge on any atom is -0.352 e. The van der Waals surface area contributed by atoms with Crippen LogP contribution in [0.4, 0.5) is 4.39 Å². The van der Waals surface area contributed by atoms with Crippen LogP contribution < -0.4 is 5.32 Å². The Bertz CT molecular complexity index is 1190. The van der Waals surface area contributed by atoms with Gasteiger partial charge in [-0.2, -0.15) is 0 Å². The molecule has 1 aliphatic heterocycles. The van der Waals surface area contributed by atoms with Gasteiger partial charge in [0, 0.05) is 30.0 Å². The minimum absolute atomic E-state index is 0.150. The van der Waals surface area contributed by atoms with E-state index in [-0.39, 0.29) is 17.9 Å². The van der Waals surface area contributed by atoms with E-state index >= 15 is 0 Å². The fourth-order valence-corrected chi connectivity index (χ4v) is 4.36. The standard InChI is InChI=1S/C24H20FN5S/c25-17-7-5-9-19(15-17)29-14-6-11-21(29)23-22(20-10-2-4-13-27-20)28-24(31)30(23)16-18-8-1-3-12-26-18/h1-15,22-23H,16H2,(H,28,31)/t22-,23+/m0/s1. The van der Waals surface area contributed by atoms with Crippen molar-refractivity contribution in [3.05, 3.63) is 114 Å². The Morgan fingerprint density at radius 2 is 1.77 bits per heavy atom. The van der Waals surface area contributed by atoms with E-state index in [1.807, 2.05) is 65.4 Å². The van der Waals surface area contributed by atoms with E-state index in [2.05, 4.69) is 20.2 Å². The molecule has 1 N–H and O–H groups in total. The van der Waals surface area contributed by atoms with Gasteiger partial charge in [0.05, 0.1) is 30.0 Å². The van der Waals surface area contributed by atoms with Crippen molar-refractivity contribution < 1.29 is 4.39 Å². The van der Waals surface area contributed by atoms with Crippen molar-refractivity contribution in [2.24, 2.45) is 0 Å². The van der Waals surface area contributed by atoms with Gasteiger partial charge < -0.3 is 14.8 Å². The van der Waals surface area contributed by atoms with Gasteiger partial charge in [-0.1, -0.05) is 18.2 Å². The number of nitrogens with one attached hydrogen (secondary N) is 1. The molecule has 4 aromatic rings. The third kappa shape index (κ3) is 3.80. The average molecular weight is 430 g/mol. The van der Waals surface area contributed by atoms with Crippen molar-refractivity contribution in [3.8, 4) is 5.69 Å². The lowest BCUT2D eigenvalue weighted by Crippen LogP contribution is -2.30. The fourth-order valence-electron chi connectivity index (χ4n) is 4.06. The van der Waals surface area contributed by atoms with E-state index in [1.165, 1.54) is 12.1 Å². The van der Waals surface area contributed by atoms with E-state index in [0.717, 1.165) is 22.8 Å². The van der Waals surface area contributed by atoms with Gasteiger partial charge >= 0.3 is 0 Å². The van der Waals surface area contributed by atoms with Crippen molar-refractivity contribution >= 4 is 17.3 Å². The lowest BCUT2D eigenvalue weighted by molar-refractivity contribution is 0.299. The van der Waals surface area contributed by atoms with Crippen LogP contribution in [0.5, 0.6) is 0 Å². The summed E-state index contributed by atoms with van der Waals surface area (Å²) in [6.07, 6.45) is 5.51. The fraction of sp³-hybridized carbons (Fsp3) is 0.125. The summed E-state index contributed by atoms with van der Waals surface area (Å²) in [5, 5.41) is 4.09. The topological polar surface area (TPSA) is 46.0 Å². The number of benzene rings is 1. The molecule has 0 spiro atoms. The van der Waals surface area contributed by atoms with E-state index in [9.17, 15) is 4.39 Å². The first-order chi connectivity index (χ1) is 15.2. The lowest BCUT2D eigenvalue weighted by atomic mass is 10.0. The maximum Gasteiger partial charge on any atom is 0.170 e. The summed E-state index contributed by atoms with van der Waals surface area (Å²) < 4.78 is 16.0. The average Bonchev–Trinajstić information content (AvgIpc) is 3.40. The maximum atomic E-state index is 14.0. The van der Waals surface area contributed by atoms with Crippen molar-refractivity contribution in [2.45, 2.75) is 18.6 Å². The minimum atomic E-state index is -0.274. The SMILES string of the molecule is Fc1cccc(-n2cccc2[C@@H]2[C@H](c3ccccn3)NC(=S)N2Cc2ccccn2)c1. The highest BCUT2D eigenvalue weighted by Gasteiger charge is 2.41. The quantitative estimate of drug-likeness (QED) is 0.471. The molecule has 5 nitrogen and oxygen atoms in total. The Balaban J connectivity index is 1.61. The number of pyridine rings is 2. The molecule has 4 heterocycles. The summed E-state index contributed by atoms with van der Waals surface area (Å²) in [6, 6.07) is 22.0. The lowest BCUT2D eigenvalue weighted by Gasteiger charge is -2.28. The Kier molecular flexibility index (Phi) is 5.18. The highest BCUT2D eigenvalue weighted by molar-refractivity contribution is 7.80. The zero-order valence-corrected chi connectivity index (χ0v) is 17.4. The Hall–Kier alpha value is -3.58. The zero-order chi connectivity index (χ0) is 21.2. The van der Waals surface area contributed by atoms with E-state index in [4.69, 9.17) is 12.2 Å². The van der Waals surface area contributed by atoms with Gasteiger partial charge in [-0.3, -0.25) is 9.97 Å². The van der Waals surface area contributed by atoms with Gasteiger partial charge in [0.2, 0.25) is 0 Å². The molecule has 1 fully saturated rings. The van der Waals surface area contributed by atoms with Gasteiger partial charge in [-0.05, 0) is 66.8 Å². The maximum absolute atomic E-state index is 14.0. The van der Waals surface area contributed by atoms with E-state index in [1.54, 1.807) is 18.5 Å². The van der Waals surface area contributed by atoms with Crippen molar-refractivity contribution in [2.75, 3.05) is 0 Å². The first kappa shape index (κ1) is 19.4. The number of aromatic nitrogens is 3. The van der Waals surface area contributed by atoms with Crippen LogP contribution in [0.15, 0.2) is 91.4 Å². The van der Waals surface area contributed by atoms with Crippen molar-refractivity contribution in [1.29, 1.82) is 0 Å². The monoisotopic (exact) mass is 429 g/mol. The molecule has 0 bridgehead atoms. The summed E-state index contributed by atoms with van der Waals surface area (Å²) in [7, 11) is 0. The molecule has 1 aromatic carbocycles. The molecule has 1 saturated heterocycles. The predicted octanol–water partition coefficient (Wildman–Crippen LogP) is 4.58. The molecule has 3 aromatic heterocycles. The van der Waals surface area contributed by atoms with Gasteiger partial charge in [0.15, 0.2) is 5.11 Å². The number of halogens is 1. The molecule has 0 radical (unpaired) electrons. The number of nitrogens with zero attached hydrogens (tertiary/aromatic N) is 4. The highest BCUT2D eigenvalue weighted by Crippen LogP contribution is 2.40. The molecule has 154 valence electrons. The van der Waals surface area contributed by atoms with Crippen LogP contribution in [0, 0.1) is 5.82 Å². The second-order valence-corrected chi connectivity index (χ2v) is 7.75. The number of hydrogen-bond donors (Lipinski definition) is 1. The molecule has 5 rings (SSSR count). The Morgan fingerprint density at radius 1 is 0.935 bits per heavy atom. The molecular weight excluding hydrogens is 409 g/mol. The second-order valence-electron chi connectivity index (χ2n) is 7.36. The first-order valence-electron chi connectivity index (χ1n) is 10.0. The molecule has 0 unspecified atom stereocenters. The molecule has 1 aliphatic rings. The predicted molar refractivity (Wildman–Crippen MR) is 121 cm³/mol. The van der Waals surface area contributed by atoms with E-state index < -0.39 is 0 Å². The summed E-state index contributed by atoms with van der Waals surface area (Å²) in [6.45, 7) is 0.551. The molecule has 31 heavy (non-hydrogen) atoms. The number of rotatable bonds is 5. The van der Waals surface area contributed by atoms with Crippen LogP contribution in [0.3, 0.4) is 0 Å². The largest absolute Gasteiger partial charge is 0.352 e. The molecule has 7 heteroatoms. The van der Waals surface area contributed by atoms with Gasteiger partial charge in [-0.15, -0.1) is 0 Å². The third-order valence-corrected chi connectivity index (χ3v) is 5.78. The summed E-state index contributed by atoms with van der Waals surface area (Å²) in [5.74, 6) is -0.274. The summed E-state index contributed by atoms with van der Waals surface area (Å²) in [4.78, 5) is 11.2. The van der Waals surface area contributed by atoms with Crippen molar-refractivity contribution in [1.82, 2.24) is 24.8 Å². The molecular formula is C24H20FN5S. The van der Waals surface area contributed by atoms with Gasteiger partial charge in [0.1, 0.15) is 5.82 Å². The van der Waals surface area contributed by atoms with Crippen LogP contribution in [0.2, 0.25) is 0 Å². The molecule has 0 amide bonds. The third-order valence-electron chi connectivity index (χ3n) is 5.43. The van der Waals surface area contributed by atoms with Gasteiger partial charge in [-0.25, -0.2) is 4.39 Å². The first-order valence-corrected chi connectivity index (χ1v) is 10.4. The van der Waals surface area contributed by atoms with Crippen LogP contribution >= 0.6 is 12.2 Å². The Labute approximate surface area is 185 Å². The molecule has 0 saturated carbocycles. The van der Waals surface area contributed by atoms with E-state index in [0.29, 0.717) is 11.7 Å².